The molecular formula is C13H23F3N2O. The van der Waals surface area contributed by atoms with Crippen LogP contribution in [0.1, 0.15) is 40.0 Å². The Bertz CT molecular complexity index is 297. The van der Waals surface area contributed by atoms with Crippen LogP contribution in [0, 0.1) is 11.8 Å². The van der Waals surface area contributed by atoms with Crippen LogP contribution in [0.5, 0.6) is 0 Å². The van der Waals surface area contributed by atoms with E-state index < -0.39 is 24.7 Å². The zero-order valence-corrected chi connectivity index (χ0v) is 11.7. The van der Waals surface area contributed by atoms with Crippen molar-refractivity contribution in [2.45, 2.75) is 58.3 Å². The van der Waals surface area contributed by atoms with Gasteiger partial charge in [0, 0.05) is 6.04 Å². The molecule has 2 N–H and O–H groups in total. The lowest BCUT2D eigenvalue weighted by Crippen LogP contribution is -2.50. The van der Waals surface area contributed by atoms with Crippen LogP contribution in [0.2, 0.25) is 0 Å². The first-order valence-electron chi connectivity index (χ1n) is 6.78. The largest absolute Gasteiger partial charge is 0.405 e. The minimum absolute atomic E-state index is 0.213. The van der Waals surface area contributed by atoms with Gasteiger partial charge in [-0.1, -0.05) is 13.8 Å². The maximum atomic E-state index is 12.0. The second kappa shape index (κ2) is 6.59. The van der Waals surface area contributed by atoms with E-state index in [0.29, 0.717) is 11.8 Å². The van der Waals surface area contributed by atoms with Gasteiger partial charge in [-0.2, -0.15) is 13.2 Å². The maximum Gasteiger partial charge on any atom is 0.405 e. The number of halogens is 3. The Morgan fingerprint density at radius 1 is 1.21 bits per heavy atom. The highest BCUT2D eigenvalue weighted by Crippen LogP contribution is 2.28. The Balaban J connectivity index is 2.37. The van der Waals surface area contributed by atoms with Gasteiger partial charge < -0.3 is 10.6 Å². The molecule has 3 atom stereocenters. The molecular weight excluding hydrogens is 257 g/mol. The third-order valence-corrected chi connectivity index (χ3v) is 3.52. The lowest BCUT2D eigenvalue weighted by atomic mass is 9.80. The number of carbonyl (C=O) groups excluding carboxylic acids is 1. The van der Waals surface area contributed by atoms with E-state index in [1.54, 1.807) is 6.92 Å². The van der Waals surface area contributed by atoms with Crippen LogP contribution in [0.15, 0.2) is 0 Å². The van der Waals surface area contributed by atoms with Crippen LogP contribution >= 0.6 is 0 Å². The summed E-state index contributed by atoms with van der Waals surface area (Å²) < 4.78 is 36.0. The van der Waals surface area contributed by atoms with Gasteiger partial charge in [0.05, 0.1) is 6.04 Å². The van der Waals surface area contributed by atoms with Crippen molar-refractivity contribution >= 4 is 5.91 Å². The molecule has 1 amide bonds. The van der Waals surface area contributed by atoms with Gasteiger partial charge in [0.2, 0.25) is 5.91 Å². The molecule has 3 unspecified atom stereocenters. The molecule has 0 saturated heterocycles. The number of hydrogen-bond donors (Lipinski definition) is 2. The normalized spacial score (nSPS) is 29.9. The predicted octanol–water partition coefficient (Wildman–Crippen LogP) is 2.47. The molecule has 1 rings (SSSR count). The SMILES string of the molecule is CC1CC(C)CC(NC(C)C(=O)NCC(F)(F)F)C1. The fourth-order valence-corrected chi connectivity index (χ4v) is 2.85. The standard InChI is InChI=1S/C13H23F3N2O/c1-8-4-9(2)6-11(5-8)18-10(3)12(19)17-7-13(14,15)16/h8-11,18H,4-7H2,1-3H3,(H,17,19). The molecule has 0 aromatic rings. The third-order valence-electron chi connectivity index (χ3n) is 3.52. The lowest BCUT2D eigenvalue weighted by molar-refractivity contribution is -0.139. The summed E-state index contributed by atoms with van der Waals surface area (Å²) in [5.41, 5.74) is 0. The second-order valence-electron chi connectivity index (χ2n) is 5.84. The Labute approximate surface area is 112 Å². The molecule has 1 fully saturated rings. The molecule has 3 nitrogen and oxygen atoms in total. The minimum atomic E-state index is -4.36. The number of alkyl halides is 3. The summed E-state index contributed by atoms with van der Waals surface area (Å²) in [7, 11) is 0. The summed E-state index contributed by atoms with van der Waals surface area (Å²) in [5, 5.41) is 5.04. The van der Waals surface area contributed by atoms with Crippen molar-refractivity contribution < 1.29 is 18.0 Å². The number of rotatable bonds is 4. The summed E-state index contributed by atoms with van der Waals surface area (Å²) in [6, 6.07) is -0.379. The summed E-state index contributed by atoms with van der Waals surface area (Å²) in [5.74, 6) is 0.585. The summed E-state index contributed by atoms with van der Waals surface area (Å²) >= 11 is 0. The zero-order chi connectivity index (χ0) is 14.6. The molecule has 0 aromatic carbocycles. The maximum absolute atomic E-state index is 12.0. The molecule has 1 aliphatic carbocycles. The van der Waals surface area contributed by atoms with Crippen LogP contribution in [-0.2, 0) is 4.79 Å². The van der Waals surface area contributed by atoms with E-state index in [1.807, 2.05) is 5.32 Å². The number of carbonyl (C=O) groups is 1. The molecule has 0 radical (unpaired) electrons. The van der Waals surface area contributed by atoms with Gasteiger partial charge in [0.15, 0.2) is 0 Å². The average molecular weight is 280 g/mol. The first-order valence-corrected chi connectivity index (χ1v) is 6.78. The highest BCUT2D eigenvalue weighted by atomic mass is 19.4. The first-order chi connectivity index (χ1) is 8.67. The Morgan fingerprint density at radius 2 is 1.74 bits per heavy atom. The van der Waals surface area contributed by atoms with E-state index in [-0.39, 0.29) is 6.04 Å². The third kappa shape index (κ3) is 6.27. The van der Waals surface area contributed by atoms with Crippen molar-refractivity contribution in [2.24, 2.45) is 11.8 Å². The minimum Gasteiger partial charge on any atom is -0.346 e. The fourth-order valence-electron chi connectivity index (χ4n) is 2.85. The van der Waals surface area contributed by atoms with Crippen LogP contribution in [0.3, 0.4) is 0 Å². The first kappa shape index (κ1) is 16.3. The second-order valence-corrected chi connectivity index (χ2v) is 5.84. The van der Waals surface area contributed by atoms with Gasteiger partial charge in [-0.25, -0.2) is 0 Å². The molecule has 112 valence electrons. The molecule has 0 spiro atoms. The van der Waals surface area contributed by atoms with E-state index in [1.165, 1.54) is 6.42 Å². The van der Waals surface area contributed by atoms with Gasteiger partial charge in [0.1, 0.15) is 6.54 Å². The molecule has 0 bridgehead atoms. The van der Waals surface area contributed by atoms with Crippen molar-refractivity contribution in [1.82, 2.24) is 10.6 Å². The molecule has 19 heavy (non-hydrogen) atoms. The van der Waals surface area contributed by atoms with Crippen molar-refractivity contribution in [3.63, 3.8) is 0 Å². The van der Waals surface area contributed by atoms with Crippen molar-refractivity contribution in [3.05, 3.63) is 0 Å². The smallest absolute Gasteiger partial charge is 0.346 e. The van der Waals surface area contributed by atoms with Gasteiger partial charge in [-0.15, -0.1) is 0 Å². The quantitative estimate of drug-likeness (QED) is 0.830. The van der Waals surface area contributed by atoms with Crippen molar-refractivity contribution in [1.29, 1.82) is 0 Å². The molecule has 1 saturated carbocycles. The monoisotopic (exact) mass is 280 g/mol. The summed E-state index contributed by atoms with van der Waals surface area (Å²) in [6.07, 6.45) is -1.24. The van der Waals surface area contributed by atoms with Gasteiger partial charge >= 0.3 is 6.18 Å². The molecule has 0 aliphatic heterocycles. The highest BCUT2D eigenvalue weighted by molar-refractivity contribution is 5.81. The zero-order valence-electron chi connectivity index (χ0n) is 11.7. The van der Waals surface area contributed by atoms with E-state index in [4.69, 9.17) is 0 Å². The van der Waals surface area contributed by atoms with Crippen molar-refractivity contribution in [3.8, 4) is 0 Å². The van der Waals surface area contributed by atoms with E-state index >= 15 is 0 Å². The van der Waals surface area contributed by atoms with Gasteiger partial charge in [-0.05, 0) is 38.0 Å². The van der Waals surface area contributed by atoms with Crippen LogP contribution in [-0.4, -0.2) is 30.7 Å². The number of amides is 1. The predicted molar refractivity (Wildman–Crippen MR) is 67.6 cm³/mol. The Hall–Kier alpha value is -0.780. The molecule has 6 heteroatoms. The molecule has 0 aromatic heterocycles. The van der Waals surface area contributed by atoms with E-state index in [0.717, 1.165) is 12.8 Å². The average Bonchev–Trinajstić information content (AvgIpc) is 2.23. The van der Waals surface area contributed by atoms with Crippen LogP contribution < -0.4 is 10.6 Å². The Morgan fingerprint density at radius 3 is 2.21 bits per heavy atom. The molecule has 1 aliphatic rings. The Kier molecular flexibility index (Phi) is 5.64. The van der Waals surface area contributed by atoms with Gasteiger partial charge in [0.25, 0.3) is 0 Å². The van der Waals surface area contributed by atoms with E-state index in [2.05, 4.69) is 19.2 Å². The topological polar surface area (TPSA) is 41.1 Å². The highest BCUT2D eigenvalue weighted by Gasteiger charge is 2.30. The van der Waals surface area contributed by atoms with Crippen LogP contribution in [0.25, 0.3) is 0 Å². The van der Waals surface area contributed by atoms with E-state index in [9.17, 15) is 18.0 Å². The number of nitrogens with one attached hydrogen (secondary N) is 2. The summed E-state index contributed by atoms with van der Waals surface area (Å²) in [4.78, 5) is 11.6. The van der Waals surface area contributed by atoms with Crippen molar-refractivity contribution in [2.75, 3.05) is 6.54 Å². The van der Waals surface area contributed by atoms with Gasteiger partial charge in [-0.3, -0.25) is 4.79 Å². The number of hydrogen-bond acceptors (Lipinski definition) is 2. The summed E-state index contributed by atoms with van der Waals surface area (Å²) in [6.45, 7) is 4.67. The molecule has 0 heterocycles. The lowest BCUT2D eigenvalue weighted by Gasteiger charge is -2.33. The fraction of sp³-hybridized carbons (Fsp3) is 0.923. The van der Waals surface area contributed by atoms with Crippen LogP contribution in [0.4, 0.5) is 13.2 Å².